The minimum Gasteiger partial charge on any atom is -0.366 e. The molecule has 112 valence electrons. The molecule has 0 bridgehead atoms. The van der Waals surface area contributed by atoms with Crippen LogP contribution in [0.25, 0.3) is 5.82 Å². The number of hydrogen-bond acceptors (Lipinski definition) is 4. The highest BCUT2D eigenvalue weighted by atomic mass is 35.5. The molecule has 0 aliphatic heterocycles. The van der Waals surface area contributed by atoms with Crippen molar-refractivity contribution in [1.82, 2.24) is 19.5 Å². The molecular formula is C15H13Cl2N5. The van der Waals surface area contributed by atoms with Crippen LogP contribution in [0.15, 0.2) is 43.0 Å². The maximum atomic E-state index is 6.16. The molecule has 2 heterocycles. The highest BCUT2D eigenvalue weighted by molar-refractivity contribution is 6.35. The maximum absolute atomic E-state index is 6.16. The summed E-state index contributed by atoms with van der Waals surface area (Å²) in [5.41, 5.74) is 0.949. The molecule has 3 rings (SSSR count). The topological polar surface area (TPSA) is 55.6 Å². The van der Waals surface area contributed by atoms with Gasteiger partial charge in [-0.05, 0) is 24.6 Å². The lowest BCUT2D eigenvalue weighted by atomic mass is 10.2. The summed E-state index contributed by atoms with van der Waals surface area (Å²) in [6.07, 6.45) is 5.11. The van der Waals surface area contributed by atoms with Crippen LogP contribution in [-0.2, 0) is 6.54 Å². The normalized spacial score (nSPS) is 10.7. The van der Waals surface area contributed by atoms with Crippen molar-refractivity contribution in [3.05, 3.63) is 64.4 Å². The Balaban J connectivity index is 1.77. The van der Waals surface area contributed by atoms with E-state index < -0.39 is 0 Å². The van der Waals surface area contributed by atoms with Crippen LogP contribution in [0.2, 0.25) is 10.0 Å². The van der Waals surface area contributed by atoms with Crippen molar-refractivity contribution in [3.8, 4) is 5.82 Å². The zero-order chi connectivity index (χ0) is 15.5. The number of imidazole rings is 1. The molecule has 0 spiro atoms. The van der Waals surface area contributed by atoms with Gasteiger partial charge in [0.25, 0.3) is 0 Å². The number of rotatable bonds is 4. The molecule has 0 amide bonds. The van der Waals surface area contributed by atoms with Crippen LogP contribution < -0.4 is 5.32 Å². The van der Waals surface area contributed by atoms with Crippen LogP contribution in [0, 0.1) is 6.92 Å². The van der Waals surface area contributed by atoms with E-state index in [1.165, 1.54) is 6.33 Å². The number of hydrogen-bond donors (Lipinski definition) is 1. The molecule has 0 unspecified atom stereocenters. The molecule has 0 fully saturated rings. The Labute approximate surface area is 138 Å². The molecule has 0 atom stereocenters. The molecule has 7 heteroatoms. The van der Waals surface area contributed by atoms with Crippen molar-refractivity contribution >= 4 is 29.0 Å². The number of halogens is 2. The zero-order valence-corrected chi connectivity index (χ0v) is 13.3. The molecule has 0 aliphatic rings. The smallest absolute Gasteiger partial charge is 0.143 e. The summed E-state index contributed by atoms with van der Waals surface area (Å²) in [5, 5.41) is 4.47. The number of aryl methyl sites for hydroxylation is 1. The van der Waals surface area contributed by atoms with E-state index in [0.717, 1.165) is 17.2 Å². The average Bonchev–Trinajstić information content (AvgIpc) is 2.93. The number of nitrogens with one attached hydrogen (secondary N) is 1. The van der Waals surface area contributed by atoms with Gasteiger partial charge in [0.1, 0.15) is 23.8 Å². The largest absolute Gasteiger partial charge is 0.366 e. The Kier molecular flexibility index (Phi) is 4.27. The van der Waals surface area contributed by atoms with Crippen molar-refractivity contribution in [2.75, 3.05) is 5.32 Å². The van der Waals surface area contributed by atoms with Crippen LogP contribution in [0.1, 0.15) is 11.4 Å². The zero-order valence-electron chi connectivity index (χ0n) is 11.8. The Morgan fingerprint density at radius 1 is 1.14 bits per heavy atom. The second kappa shape index (κ2) is 6.34. The fraction of sp³-hybridized carbons (Fsp3) is 0.133. The van der Waals surface area contributed by atoms with Gasteiger partial charge in [-0.15, -0.1) is 0 Å². The Bertz CT molecular complexity index is 800. The van der Waals surface area contributed by atoms with E-state index in [1.54, 1.807) is 12.3 Å². The lowest BCUT2D eigenvalue weighted by Crippen LogP contribution is -2.05. The first-order valence-electron chi connectivity index (χ1n) is 6.63. The van der Waals surface area contributed by atoms with E-state index >= 15 is 0 Å². The second-order valence-corrected chi connectivity index (χ2v) is 5.54. The molecule has 1 aromatic carbocycles. The summed E-state index contributed by atoms with van der Waals surface area (Å²) in [6, 6.07) is 7.28. The minimum atomic E-state index is 0.551. The third-order valence-electron chi connectivity index (χ3n) is 3.20. The highest BCUT2D eigenvalue weighted by Gasteiger charge is 2.05. The lowest BCUT2D eigenvalue weighted by molar-refractivity contribution is 0.917. The second-order valence-electron chi connectivity index (χ2n) is 4.70. The van der Waals surface area contributed by atoms with Gasteiger partial charge in [-0.1, -0.05) is 29.3 Å². The molecule has 22 heavy (non-hydrogen) atoms. The van der Waals surface area contributed by atoms with E-state index in [-0.39, 0.29) is 0 Å². The lowest BCUT2D eigenvalue weighted by Gasteiger charge is -2.09. The predicted octanol–water partition coefficient (Wildman–Crippen LogP) is 3.89. The van der Waals surface area contributed by atoms with Gasteiger partial charge in [0.15, 0.2) is 0 Å². The van der Waals surface area contributed by atoms with Gasteiger partial charge in [-0.3, -0.25) is 4.57 Å². The SMILES string of the molecule is Cc1nccn1-c1cc(NCc2ccc(Cl)cc2Cl)ncn1. The molecule has 5 nitrogen and oxygen atoms in total. The highest BCUT2D eigenvalue weighted by Crippen LogP contribution is 2.22. The van der Waals surface area contributed by atoms with Crippen LogP contribution in [0.3, 0.4) is 0 Å². The van der Waals surface area contributed by atoms with E-state index in [9.17, 15) is 0 Å². The quantitative estimate of drug-likeness (QED) is 0.786. The van der Waals surface area contributed by atoms with Gasteiger partial charge in [0.2, 0.25) is 0 Å². The summed E-state index contributed by atoms with van der Waals surface area (Å²) in [6.45, 7) is 2.47. The van der Waals surface area contributed by atoms with Gasteiger partial charge < -0.3 is 5.32 Å². The van der Waals surface area contributed by atoms with Crippen molar-refractivity contribution in [3.63, 3.8) is 0 Å². The van der Waals surface area contributed by atoms with Gasteiger partial charge >= 0.3 is 0 Å². The van der Waals surface area contributed by atoms with Gasteiger partial charge in [-0.25, -0.2) is 15.0 Å². The van der Waals surface area contributed by atoms with Crippen LogP contribution in [-0.4, -0.2) is 19.5 Å². The van der Waals surface area contributed by atoms with Crippen molar-refractivity contribution in [1.29, 1.82) is 0 Å². The Hall–Kier alpha value is -2.11. The summed E-state index contributed by atoms with van der Waals surface area (Å²) in [4.78, 5) is 12.7. The fourth-order valence-electron chi connectivity index (χ4n) is 2.05. The molecule has 0 saturated carbocycles. The number of nitrogens with zero attached hydrogens (tertiary/aromatic N) is 4. The third-order valence-corrected chi connectivity index (χ3v) is 3.79. The van der Waals surface area contributed by atoms with Crippen molar-refractivity contribution < 1.29 is 0 Å². The van der Waals surface area contributed by atoms with E-state index in [0.29, 0.717) is 22.4 Å². The minimum absolute atomic E-state index is 0.551. The number of anilines is 1. The van der Waals surface area contributed by atoms with E-state index in [4.69, 9.17) is 23.2 Å². The summed E-state index contributed by atoms with van der Waals surface area (Å²) >= 11 is 12.1. The van der Waals surface area contributed by atoms with Gasteiger partial charge in [0, 0.05) is 35.1 Å². The standard InChI is InChI=1S/C15H13Cl2N5/c1-10-18-4-5-22(10)15-7-14(20-9-21-15)19-8-11-2-3-12(16)6-13(11)17/h2-7,9H,8H2,1H3,(H,19,20,21). The van der Waals surface area contributed by atoms with Crippen LogP contribution in [0.5, 0.6) is 0 Å². The predicted molar refractivity (Wildman–Crippen MR) is 87.7 cm³/mol. The van der Waals surface area contributed by atoms with Crippen molar-refractivity contribution in [2.24, 2.45) is 0 Å². The summed E-state index contributed by atoms with van der Waals surface area (Å²) in [5.74, 6) is 2.34. The van der Waals surface area contributed by atoms with Gasteiger partial charge in [0.05, 0.1) is 0 Å². The molecule has 3 aromatic rings. The summed E-state index contributed by atoms with van der Waals surface area (Å²) < 4.78 is 1.89. The molecular weight excluding hydrogens is 321 g/mol. The first-order chi connectivity index (χ1) is 10.6. The average molecular weight is 334 g/mol. The first-order valence-corrected chi connectivity index (χ1v) is 7.39. The number of aromatic nitrogens is 4. The van der Waals surface area contributed by atoms with E-state index in [2.05, 4.69) is 20.3 Å². The molecule has 0 saturated heterocycles. The van der Waals surface area contributed by atoms with Crippen LogP contribution >= 0.6 is 23.2 Å². The maximum Gasteiger partial charge on any atom is 0.143 e. The van der Waals surface area contributed by atoms with E-state index in [1.807, 2.05) is 35.9 Å². The van der Waals surface area contributed by atoms with Crippen molar-refractivity contribution in [2.45, 2.75) is 13.5 Å². The first kappa shape index (κ1) is 14.8. The fourth-order valence-corrected chi connectivity index (χ4v) is 2.52. The Morgan fingerprint density at radius 3 is 2.73 bits per heavy atom. The summed E-state index contributed by atoms with van der Waals surface area (Å²) in [7, 11) is 0. The van der Waals surface area contributed by atoms with Gasteiger partial charge in [-0.2, -0.15) is 0 Å². The monoisotopic (exact) mass is 333 g/mol. The number of benzene rings is 1. The Morgan fingerprint density at radius 2 is 2.00 bits per heavy atom. The molecule has 0 aliphatic carbocycles. The molecule has 1 N–H and O–H groups in total. The molecule has 0 radical (unpaired) electrons. The molecule has 2 aromatic heterocycles. The van der Waals surface area contributed by atoms with Crippen LogP contribution in [0.4, 0.5) is 5.82 Å². The third kappa shape index (κ3) is 3.21.